The molecule has 3 heteroatoms. The fourth-order valence-electron chi connectivity index (χ4n) is 6.34. The van der Waals surface area contributed by atoms with Crippen LogP contribution in [-0.2, 0) is 0 Å². The molecule has 0 unspecified atom stereocenters. The van der Waals surface area contributed by atoms with Gasteiger partial charge < -0.3 is 4.40 Å². The van der Waals surface area contributed by atoms with Gasteiger partial charge in [-0.3, -0.25) is 9.59 Å². The zero-order chi connectivity index (χ0) is 31.7. The Morgan fingerprint density at radius 1 is 0.340 bits per heavy atom. The van der Waals surface area contributed by atoms with E-state index in [-0.39, 0.29) is 10.9 Å². The Labute approximate surface area is 271 Å². The third-order valence-electron chi connectivity index (χ3n) is 8.66. The van der Waals surface area contributed by atoms with Gasteiger partial charge in [-0.05, 0) is 69.8 Å². The predicted molar refractivity (Wildman–Crippen MR) is 200 cm³/mol. The molecule has 0 spiro atoms. The quantitative estimate of drug-likeness (QED) is 0.108. The Morgan fingerprint density at radius 3 is 1.09 bits per heavy atom. The van der Waals surface area contributed by atoms with Crippen LogP contribution in [0.25, 0.3) is 74.6 Å². The van der Waals surface area contributed by atoms with Gasteiger partial charge in [0.05, 0.1) is 16.6 Å². The van der Waals surface area contributed by atoms with E-state index in [1.807, 2.05) is 176 Å². The van der Waals surface area contributed by atoms with Crippen LogP contribution in [0.15, 0.2) is 149 Å². The summed E-state index contributed by atoms with van der Waals surface area (Å²) >= 11 is 0. The molecule has 0 aliphatic carbocycles. The maximum Gasteiger partial charge on any atom is 0.197 e. The summed E-state index contributed by atoms with van der Waals surface area (Å²) in [5.74, 6) is 0. The Bertz CT molecular complexity index is 2480. The molecule has 0 amide bonds. The second-order valence-electron chi connectivity index (χ2n) is 11.7. The molecule has 6 aromatic carbocycles. The van der Waals surface area contributed by atoms with Crippen molar-refractivity contribution in [1.29, 1.82) is 0 Å². The predicted octanol–water partition coefficient (Wildman–Crippen LogP) is 10.1. The highest BCUT2D eigenvalue weighted by Crippen LogP contribution is 2.30. The second-order valence-corrected chi connectivity index (χ2v) is 11.7. The van der Waals surface area contributed by atoms with Crippen LogP contribution in [0.2, 0.25) is 0 Å². The van der Waals surface area contributed by atoms with Gasteiger partial charge in [0.25, 0.3) is 0 Å². The van der Waals surface area contributed by atoms with Gasteiger partial charge in [-0.25, -0.2) is 0 Å². The highest BCUT2D eigenvalue weighted by atomic mass is 16.1. The van der Waals surface area contributed by atoms with E-state index >= 15 is 0 Å². The number of fused-ring (bicyclic) bond motifs is 4. The van der Waals surface area contributed by atoms with Crippen LogP contribution in [0.4, 0.5) is 0 Å². The third-order valence-corrected chi connectivity index (χ3v) is 8.66. The fraction of sp³-hybridized carbons (Fsp3) is 0. The van der Waals surface area contributed by atoms with Gasteiger partial charge in [-0.15, -0.1) is 0 Å². The van der Waals surface area contributed by atoms with Crippen molar-refractivity contribution in [3.8, 4) is 0 Å². The molecule has 0 atom stereocenters. The van der Waals surface area contributed by atoms with Gasteiger partial charge >= 0.3 is 0 Å². The monoisotopic (exact) mass is 603 g/mol. The minimum atomic E-state index is -0.0870. The average molecular weight is 604 g/mol. The minimum absolute atomic E-state index is 0.0870. The zero-order valence-electron chi connectivity index (χ0n) is 25.5. The number of benzene rings is 6. The molecule has 47 heavy (non-hydrogen) atoms. The largest absolute Gasteiger partial charge is 0.308 e. The minimum Gasteiger partial charge on any atom is -0.308 e. The van der Waals surface area contributed by atoms with Gasteiger partial charge in [-0.2, -0.15) is 0 Å². The molecule has 0 saturated carbocycles. The van der Waals surface area contributed by atoms with E-state index in [4.69, 9.17) is 0 Å². The Hall–Kier alpha value is -6.32. The average Bonchev–Trinajstić information content (AvgIpc) is 3.13. The van der Waals surface area contributed by atoms with Gasteiger partial charge in [0, 0.05) is 21.5 Å². The third kappa shape index (κ3) is 5.34. The van der Waals surface area contributed by atoms with Crippen molar-refractivity contribution in [2.45, 2.75) is 0 Å². The van der Waals surface area contributed by atoms with E-state index in [1.165, 1.54) is 0 Å². The number of pyridine rings is 2. The first-order chi connectivity index (χ1) is 23.1. The summed E-state index contributed by atoms with van der Waals surface area (Å²) in [5.41, 5.74) is 7.89. The van der Waals surface area contributed by atoms with Gasteiger partial charge in [0.15, 0.2) is 10.9 Å². The summed E-state index contributed by atoms with van der Waals surface area (Å²) in [7, 11) is 0. The van der Waals surface area contributed by atoms with Crippen LogP contribution in [0, 0.1) is 0 Å². The summed E-state index contributed by atoms with van der Waals surface area (Å²) in [5, 5.41) is 2.27. The molecule has 0 radical (unpaired) electrons. The van der Waals surface area contributed by atoms with Crippen molar-refractivity contribution in [3.05, 3.63) is 193 Å². The van der Waals surface area contributed by atoms with Gasteiger partial charge in [0.1, 0.15) is 0 Å². The first-order valence-corrected chi connectivity index (χ1v) is 15.7. The zero-order valence-corrected chi connectivity index (χ0v) is 25.5. The molecule has 0 N–H and O–H groups in total. The number of hydrogen-bond donors (Lipinski definition) is 0. The summed E-state index contributed by atoms with van der Waals surface area (Å²) in [6, 6.07) is 46.0. The Kier molecular flexibility index (Phi) is 7.12. The smallest absolute Gasteiger partial charge is 0.197 e. The van der Waals surface area contributed by atoms with E-state index in [1.54, 1.807) is 0 Å². The van der Waals surface area contributed by atoms with E-state index < -0.39 is 0 Å². The van der Waals surface area contributed by atoms with E-state index in [2.05, 4.69) is 4.40 Å². The van der Waals surface area contributed by atoms with Crippen molar-refractivity contribution in [1.82, 2.24) is 4.40 Å². The molecule has 8 aromatic rings. The Balaban J connectivity index is 1.39. The van der Waals surface area contributed by atoms with Crippen LogP contribution in [0.3, 0.4) is 0 Å². The van der Waals surface area contributed by atoms with E-state index in [9.17, 15) is 9.59 Å². The van der Waals surface area contributed by atoms with Crippen molar-refractivity contribution in [2.24, 2.45) is 0 Å². The SMILES string of the molecule is O=c1c2cc(C=Cc3ccccc3)ccc2n2c3ccc(C=Cc4ccccc4)cc3c(=O)c3cc(C=Cc4ccccc4)cc1c32. The maximum atomic E-state index is 14.3. The second kappa shape index (κ2) is 11.9. The molecule has 2 heterocycles. The molecule has 8 rings (SSSR count). The molecule has 2 aromatic heterocycles. The van der Waals surface area contributed by atoms with Crippen LogP contribution in [-0.4, -0.2) is 4.40 Å². The Morgan fingerprint density at radius 2 is 0.681 bits per heavy atom. The summed E-state index contributed by atoms with van der Waals surface area (Å²) < 4.78 is 2.10. The fourth-order valence-corrected chi connectivity index (χ4v) is 6.34. The lowest BCUT2D eigenvalue weighted by molar-refractivity contribution is 1.30. The standard InChI is InChI=1S/C44H29NO2/c46-43-36-26-33(19-16-30-10-4-1-5-11-30)22-24-40(36)45-41-25-23-34(20-17-31-12-6-2-7-13-31)27-37(41)44(47)39-29-35(28-38(43)42(39)45)21-18-32-14-8-3-9-15-32/h1-29H. The highest BCUT2D eigenvalue weighted by molar-refractivity contribution is 6.09. The topological polar surface area (TPSA) is 38.5 Å². The van der Waals surface area contributed by atoms with E-state index in [0.717, 1.165) is 44.4 Å². The summed E-state index contributed by atoms with van der Waals surface area (Å²) in [6.07, 6.45) is 12.1. The highest BCUT2D eigenvalue weighted by Gasteiger charge is 2.18. The molecule has 0 aliphatic rings. The first kappa shape index (κ1) is 28.2. The number of nitrogens with zero attached hydrogens (tertiary/aromatic N) is 1. The van der Waals surface area contributed by atoms with Crippen LogP contribution >= 0.6 is 0 Å². The lowest BCUT2D eigenvalue weighted by Gasteiger charge is -2.16. The lowest BCUT2D eigenvalue weighted by Crippen LogP contribution is -2.14. The molecule has 0 fully saturated rings. The normalized spacial score (nSPS) is 12.2. The molecule has 0 saturated heterocycles. The van der Waals surface area contributed by atoms with Gasteiger partial charge in [0.2, 0.25) is 0 Å². The van der Waals surface area contributed by atoms with Crippen molar-refractivity contribution in [3.63, 3.8) is 0 Å². The van der Waals surface area contributed by atoms with Crippen molar-refractivity contribution < 1.29 is 0 Å². The number of aromatic nitrogens is 1. The number of hydrogen-bond acceptors (Lipinski definition) is 2. The molecular weight excluding hydrogens is 574 g/mol. The van der Waals surface area contributed by atoms with Crippen LogP contribution < -0.4 is 10.9 Å². The molecule has 0 aliphatic heterocycles. The molecular formula is C44H29NO2. The summed E-state index contributed by atoms with van der Waals surface area (Å²) in [6.45, 7) is 0. The van der Waals surface area contributed by atoms with E-state index in [0.29, 0.717) is 27.1 Å². The molecule has 0 bridgehead atoms. The summed E-state index contributed by atoms with van der Waals surface area (Å²) in [4.78, 5) is 28.6. The van der Waals surface area contributed by atoms with Crippen LogP contribution in [0.5, 0.6) is 0 Å². The van der Waals surface area contributed by atoms with Crippen LogP contribution in [0.1, 0.15) is 33.4 Å². The first-order valence-electron chi connectivity index (χ1n) is 15.7. The van der Waals surface area contributed by atoms with Crippen molar-refractivity contribution >= 4 is 74.6 Å². The maximum absolute atomic E-state index is 14.3. The molecule has 3 nitrogen and oxygen atoms in total. The lowest BCUT2D eigenvalue weighted by atomic mass is 9.98. The molecule has 222 valence electrons. The number of rotatable bonds is 6. The van der Waals surface area contributed by atoms with Crippen molar-refractivity contribution in [2.75, 3.05) is 0 Å². The van der Waals surface area contributed by atoms with Gasteiger partial charge in [-0.1, -0.05) is 140 Å².